The molecule has 0 spiro atoms. The molecule has 0 radical (unpaired) electrons. The largest absolute Gasteiger partial charge is 0.494 e. The normalized spacial score (nSPS) is 11.9. The highest BCUT2D eigenvalue weighted by Crippen LogP contribution is 2.26. The van der Waals surface area contributed by atoms with Crippen LogP contribution in [0.4, 0.5) is 11.4 Å². The van der Waals surface area contributed by atoms with E-state index in [0.29, 0.717) is 12.3 Å². The summed E-state index contributed by atoms with van der Waals surface area (Å²) in [5.74, 6) is 0.797. The van der Waals surface area contributed by atoms with Crippen LogP contribution in [0.1, 0.15) is 31.0 Å². The van der Waals surface area contributed by atoms with Gasteiger partial charge in [0.05, 0.1) is 6.61 Å². The number of benzene rings is 2. The molecule has 1 unspecified atom stereocenters. The van der Waals surface area contributed by atoms with Crippen molar-refractivity contribution >= 4 is 11.4 Å². The summed E-state index contributed by atoms with van der Waals surface area (Å²) in [5, 5.41) is 3.46. The first kappa shape index (κ1) is 14.3. The molecule has 3 heteroatoms. The van der Waals surface area contributed by atoms with E-state index in [4.69, 9.17) is 10.5 Å². The zero-order chi connectivity index (χ0) is 14.5. The first-order valence-electron chi connectivity index (χ1n) is 6.95. The lowest BCUT2D eigenvalue weighted by atomic mass is 10.1. The van der Waals surface area contributed by atoms with Crippen molar-refractivity contribution in [2.45, 2.75) is 26.8 Å². The van der Waals surface area contributed by atoms with Gasteiger partial charge >= 0.3 is 0 Å². The minimum absolute atomic E-state index is 0.215. The summed E-state index contributed by atoms with van der Waals surface area (Å²) < 4.78 is 5.51. The number of anilines is 2. The van der Waals surface area contributed by atoms with Gasteiger partial charge in [-0.05, 0) is 32.4 Å². The van der Waals surface area contributed by atoms with E-state index in [9.17, 15) is 0 Å². The van der Waals surface area contributed by atoms with Crippen molar-refractivity contribution in [3.63, 3.8) is 0 Å². The summed E-state index contributed by atoms with van der Waals surface area (Å²) in [6.45, 7) is 6.82. The van der Waals surface area contributed by atoms with Crippen LogP contribution in [0.25, 0.3) is 0 Å². The lowest BCUT2D eigenvalue weighted by Gasteiger charge is -2.17. The first-order chi connectivity index (χ1) is 9.58. The fraction of sp³-hybridized carbons (Fsp3) is 0.294. The molecule has 2 aromatic rings. The van der Waals surface area contributed by atoms with Crippen LogP contribution < -0.4 is 15.8 Å². The minimum Gasteiger partial charge on any atom is -0.494 e. The Kier molecular flexibility index (Phi) is 4.51. The molecule has 20 heavy (non-hydrogen) atoms. The molecule has 0 aliphatic heterocycles. The van der Waals surface area contributed by atoms with Crippen molar-refractivity contribution in [3.8, 4) is 5.75 Å². The van der Waals surface area contributed by atoms with Crippen molar-refractivity contribution in [2.24, 2.45) is 0 Å². The van der Waals surface area contributed by atoms with E-state index < -0.39 is 0 Å². The third-order valence-corrected chi connectivity index (χ3v) is 3.20. The van der Waals surface area contributed by atoms with E-state index in [1.54, 1.807) is 0 Å². The topological polar surface area (TPSA) is 47.3 Å². The van der Waals surface area contributed by atoms with Crippen LogP contribution >= 0.6 is 0 Å². The molecule has 0 saturated carbocycles. The SMILES string of the molecule is CCOc1cc(N)cc(NC(C)c2ccc(C)cc2)c1. The van der Waals surface area contributed by atoms with Crippen molar-refractivity contribution in [1.82, 2.24) is 0 Å². The molecule has 0 aromatic heterocycles. The first-order valence-corrected chi connectivity index (χ1v) is 6.95. The highest BCUT2D eigenvalue weighted by atomic mass is 16.5. The van der Waals surface area contributed by atoms with Gasteiger partial charge in [-0.15, -0.1) is 0 Å². The maximum absolute atomic E-state index is 5.90. The van der Waals surface area contributed by atoms with Crippen LogP contribution in [-0.4, -0.2) is 6.61 Å². The lowest BCUT2D eigenvalue weighted by molar-refractivity contribution is 0.340. The molecular formula is C17H22N2O. The van der Waals surface area contributed by atoms with Crippen molar-refractivity contribution in [2.75, 3.05) is 17.7 Å². The molecule has 2 rings (SSSR count). The summed E-state index contributed by atoms with van der Waals surface area (Å²) in [5.41, 5.74) is 10.1. The molecule has 106 valence electrons. The van der Waals surface area contributed by atoms with Gasteiger partial charge in [0.15, 0.2) is 0 Å². The smallest absolute Gasteiger partial charge is 0.123 e. The Morgan fingerprint density at radius 3 is 2.50 bits per heavy atom. The van der Waals surface area contributed by atoms with Gasteiger partial charge in [0.1, 0.15) is 5.75 Å². The van der Waals surface area contributed by atoms with Crippen LogP contribution in [0.15, 0.2) is 42.5 Å². The molecule has 0 bridgehead atoms. The Morgan fingerprint density at radius 2 is 1.85 bits per heavy atom. The Balaban J connectivity index is 2.14. The van der Waals surface area contributed by atoms with Crippen LogP contribution in [0.5, 0.6) is 5.75 Å². The Morgan fingerprint density at radius 1 is 1.15 bits per heavy atom. The van der Waals surface area contributed by atoms with Crippen molar-refractivity contribution in [1.29, 1.82) is 0 Å². The van der Waals surface area contributed by atoms with Gasteiger partial charge in [0.25, 0.3) is 0 Å². The molecule has 0 amide bonds. The minimum atomic E-state index is 0.215. The second kappa shape index (κ2) is 6.33. The summed E-state index contributed by atoms with van der Waals surface area (Å²) in [7, 11) is 0. The Hall–Kier alpha value is -2.16. The third kappa shape index (κ3) is 3.67. The van der Waals surface area contributed by atoms with Crippen molar-refractivity contribution < 1.29 is 4.74 Å². The zero-order valence-corrected chi connectivity index (χ0v) is 12.3. The van der Waals surface area contributed by atoms with Gasteiger partial charge in [-0.25, -0.2) is 0 Å². The Labute approximate surface area is 120 Å². The fourth-order valence-corrected chi connectivity index (χ4v) is 2.14. The monoisotopic (exact) mass is 270 g/mol. The lowest BCUT2D eigenvalue weighted by Crippen LogP contribution is -2.07. The number of nitrogens with one attached hydrogen (secondary N) is 1. The van der Waals surface area contributed by atoms with E-state index in [-0.39, 0.29) is 6.04 Å². The maximum Gasteiger partial charge on any atom is 0.123 e. The summed E-state index contributed by atoms with van der Waals surface area (Å²) in [4.78, 5) is 0. The quantitative estimate of drug-likeness (QED) is 0.802. The highest BCUT2D eigenvalue weighted by molar-refractivity contribution is 5.59. The van der Waals surface area contributed by atoms with Gasteiger partial charge in [-0.1, -0.05) is 29.8 Å². The molecule has 0 aliphatic carbocycles. The van der Waals surface area contributed by atoms with Crippen LogP contribution in [0.2, 0.25) is 0 Å². The highest BCUT2D eigenvalue weighted by Gasteiger charge is 2.06. The van der Waals surface area contributed by atoms with Crippen LogP contribution in [-0.2, 0) is 0 Å². The average Bonchev–Trinajstić information content (AvgIpc) is 2.39. The molecule has 0 heterocycles. The maximum atomic E-state index is 5.90. The van der Waals surface area contributed by atoms with Crippen LogP contribution in [0.3, 0.4) is 0 Å². The summed E-state index contributed by atoms with van der Waals surface area (Å²) in [6.07, 6.45) is 0. The molecular weight excluding hydrogens is 248 g/mol. The number of aryl methyl sites for hydroxylation is 1. The summed E-state index contributed by atoms with van der Waals surface area (Å²) in [6, 6.07) is 14.5. The standard InChI is InChI=1S/C17H22N2O/c1-4-20-17-10-15(18)9-16(11-17)19-13(3)14-7-5-12(2)6-8-14/h5-11,13,19H,4,18H2,1-3H3. The molecule has 3 N–H and O–H groups in total. The molecule has 0 fully saturated rings. The fourth-order valence-electron chi connectivity index (χ4n) is 2.14. The number of ether oxygens (including phenoxy) is 1. The molecule has 3 nitrogen and oxygen atoms in total. The van der Waals surface area contributed by atoms with Gasteiger partial charge in [0, 0.05) is 29.5 Å². The number of rotatable bonds is 5. The number of hydrogen-bond donors (Lipinski definition) is 2. The molecule has 2 aromatic carbocycles. The molecule has 0 saturated heterocycles. The van der Waals surface area contributed by atoms with Gasteiger partial charge in [-0.3, -0.25) is 0 Å². The molecule has 1 atom stereocenters. The average molecular weight is 270 g/mol. The van der Waals surface area contributed by atoms with E-state index in [1.807, 2.05) is 25.1 Å². The van der Waals surface area contributed by atoms with Crippen LogP contribution in [0, 0.1) is 6.92 Å². The predicted molar refractivity (Wildman–Crippen MR) is 85.2 cm³/mol. The predicted octanol–water partition coefficient (Wildman–Crippen LogP) is 4.15. The number of nitrogens with two attached hydrogens (primary N) is 1. The van der Waals surface area contributed by atoms with Gasteiger partial charge in [-0.2, -0.15) is 0 Å². The van der Waals surface area contributed by atoms with Gasteiger partial charge < -0.3 is 15.8 Å². The number of hydrogen-bond acceptors (Lipinski definition) is 3. The van der Waals surface area contributed by atoms with Gasteiger partial charge in [0.2, 0.25) is 0 Å². The van der Waals surface area contributed by atoms with E-state index in [0.717, 1.165) is 11.4 Å². The molecule has 0 aliphatic rings. The van der Waals surface area contributed by atoms with Crippen molar-refractivity contribution in [3.05, 3.63) is 53.6 Å². The van der Waals surface area contributed by atoms with E-state index in [2.05, 4.69) is 43.4 Å². The summed E-state index contributed by atoms with van der Waals surface area (Å²) >= 11 is 0. The second-order valence-electron chi connectivity index (χ2n) is 5.00. The Bertz CT molecular complexity index is 564. The number of nitrogen functional groups attached to an aromatic ring is 1. The third-order valence-electron chi connectivity index (χ3n) is 3.20. The second-order valence-corrected chi connectivity index (χ2v) is 5.00. The van der Waals surface area contributed by atoms with E-state index in [1.165, 1.54) is 11.1 Å². The van der Waals surface area contributed by atoms with E-state index >= 15 is 0 Å². The zero-order valence-electron chi connectivity index (χ0n) is 12.3.